The summed E-state index contributed by atoms with van der Waals surface area (Å²) in [5, 5.41) is 9.77. The lowest BCUT2D eigenvalue weighted by molar-refractivity contribution is 0.0783. The van der Waals surface area contributed by atoms with Gasteiger partial charge in [-0.05, 0) is 52.3 Å². The van der Waals surface area contributed by atoms with Crippen molar-refractivity contribution in [1.29, 1.82) is 0 Å². The summed E-state index contributed by atoms with van der Waals surface area (Å²) in [5.41, 5.74) is -0.0833. The van der Waals surface area contributed by atoms with Gasteiger partial charge in [-0.25, -0.2) is 0 Å². The van der Waals surface area contributed by atoms with Crippen molar-refractivity contribution >= 4 is 0 Å². The molecule has 1 rings (SSSR count). The minimum atomic E-state index is -0.791. The molecule has 0 aromatic heterocycles. The van der Waals surface area contributed by atoms with Crippen molar-refractivity contribution in [2.45, 2.75) is 45.8 Å². The van der Waals surface area contributed by atoms with Gasteiger partial charge in [0.25, 0.3) is 0 Å². The van der Waals surface area contributed by atoms with Gasteiger partial charge in [0.1, 0.15) is 11.4 Å². The molecule has 0 atom stereocenters. The van der Waals surface area contributed by atoms with Gasteiger partial charge in [-0.2, -0.15) is 0 Å². The summed E-state index contributed by atoms with van der Waals surface area (Å²) in [4.78, 5) is 0. The van der Waals surface area contributed by atoms with Gasteiger partial charge in [0.15, 0.2) is 0 Å². The Morgan fingerprint density at radius 2 is 1.40 bits per heavy atom. The van der Waals surface area contributed by atoms with E-state index in [4.69, 9.17) is 4.74 Å². The van der Waals surface area contributed by atoms with Gasteiger partial charge in [-0.15, -0.1) is 0 Å². The van der Waals surface area contributed by atoms with E-state index in [-0.39, 0.29) is 5.60 Å². The van der Waals surface area contributed by atoms with E-state index >= 15 is 0 Å². The van der Waals surface area contributed by atoms with Gasteiger partial charge < -0.3 is 9.84 Å². The lowest BCUT2D eigenvalue weighted by Crippen LogP contribution is -2.23. The van der Waals surface area contributed by atoms with E-state index in [1.807, 2.05) is 45.0 Å². The minimum absolute atomic E-state index is 0.184. The van der Waals surface area contributed by atoms with Gasteiger partial charge in [0.05, 0.1) is 5.60 Å². The Labute approximate surface area is 91.9 Å². The van der Waals surface area contributed by atoms with Gasteiger partial charge >= 0.3 is 0 Å². The molecule has 0 fully saturated rings. The maximum atomic E-state index is 9.77. The van der Waals surface area contributed by atoms with Crippen molar-refractivity contribution in [3.63, 3.8) is 0 Å². The zero-order valence-corrected chi connectivity index (χ0v) is 10.2. The molecule has 2 heteroatoms. The SMILES string of the molecule is CC(C)(C)Oc1ccc(C(C)(C)O)cc1. The van der Waals surface area contributed by atoms with Gasteiger partial charge in [-0.1, -0.05) is 12.1 Å². The van der Waals surface area contributed by atoms with Crippen molar-refractivity contribution in [3.8, 4) is 5.75 Å². The summed E-state index contributed by atoms with van der Waals surface area (Å²) in [6.07, 6.45) is 0. The van der Waals surface area contributed by atoms with E-state index in [1.54, 1.807) is 13.8 Å². The molecule has 1 aromatic carbocycles. The molecule has 0 radical (unpaired) electrons. The van der Waals surface area contributed by atoms with E-state index in [1.165, 1.54) is 0 Å². The summed E-state index contributed by atoms with van der Waals surface area (Å²) in [5.74, 6) is 0.829. The van der Waals surface area contributed by atoms with Crippen LogP contribution in [0.25, 0.3) is 0 Å². The van der Waals surface area contributed by atoms with Crippen LogP contribution in [0.5, 0.6) is 5.75 Å². The van der Waals surface area contributed by atoms with Crippen LogP contribution < -0.4 is 4.74 Å². The maximum Gasteiger partial charge on any atom is 0.120 e. The highest BCUT2D eigenvalue weighted by atomic mass is 16.5. The summed E-state index contributed by atoms with van der Waals surface area (Å²) in [6.45, 7) is 9.57. The summed E-state index contributed by atoms with van der Waals surface area (Å²) >= 11 is 0. The molecule has 2 nitrogen and oxygen atoms in total. The largest absolute Gasteiger partial charge is 0.488 e. The molecule has 0 heterocycles. The Bertz CT molecular complexity index is 312. The summed E-state index contributed by atoms with van der Waals surface area (Å²) < 4.78 is 5.69. The molecule has 0 saturated heterocycles. The molecule has 0 unspecified atom stereocenters. The second kappa shape index (κ2) is 3.86. The van der Waals surface area contributed by atoms with E-state index in [2.05, 4.69) is 0 Å². The molecule has 1 N–H and O–H groups in total. The normalized spacial score (nSPS) is 12.7. The molecule has 15 heavy (non-hydrogen) atoms. The fourth-order valence-electron chi connectivity index (χ4n) is 1.28. The minimum Gasteiger partial charge on any atom is -0.488 e. The average molecular weight is 208 g/mol. The average Bonchev–Trinajstić information content (AvgIpc) is 2.00. The van der Waals surface area contributed by atoms with Crippen molar-refractivity contribution in [2.24, 2.45) is 0 Å². The lowest BCUT2D eigenvalue weighted by Gasteiger charge is -2.22. The highest BCUT2D eigenvalue weighted by Crippen LogP contribution is 2.24. The Morgan fingerprint density at radius 1 is 0.933 bits per heavy atom. The van der Waals surface area contributed by atoms with Crippen LogP contribution in [0.3, 0.4) is 0 Å². The first-order valence-corrected chi connectivity index (χ1v) is 5.20. The molecular formula is C13H20O2. The van der Waals surface area contributed by atoms with Crippen LogP contribution in [0.4, 0.5) is 0 Å². The van der Waals surface area contributed by atoms with Gasteiger partial charge in [-0.3, -0.25) is 0 Å². The Kier molecular flexibility index (Phi) is 3.10. The smallest absolute Gasteiger partial charge is 0.120 e. The van der Waals surface area contributed by atoms with E-state index in [0.29, 0.717) is 0 Å². The highest BCUT2D eigenvalue weighted by Gasteiger charge is 2.16. The fourth-order valence-corrected chi connectivity index (χ4v) is 1.28. The summed E-state index contributed by atoms with van der Waals surface area (Å²) in [7, 11) is 0. The second-order valence-corrected chi connectivity index (χ2v) is 5.30. The first-order chi connectivity index (χ1) is 6.68. The third-order valence-electron chi connectivity index (χ3n) is 1.98. The Balaban J connectivity index is 2.82. The van der Waals surface area contributed by atoms with Crippen molar-refractivity contribution < 1.29 is 9.84 Å². The molecule has 0 aliphatic rings. The van der Waals surface area contributed by atoms with Crippen molar-refractivity contribution in [3.05, 3.63) is 29.8 Å². The number of benzene rings is 1. The molecule has 0 aliphatic heterocycles. The topological polar surface area (TPSA) is 29.5 Å². The molecule has 0 bridgehead atoms. The van der Waals surface area contributed by atoms with Crippen LogP contribution in [0.15, 0.2) is 24.3 Å². The standard InChI is InChI=1S/C13H20O2/c1-12(2,3)15-11-8-6-10(7-9-11)13(4,5)14/h6-9,14H,1-5H3. The van der Waals surface area contributed by atoms with Crippen LogP contribution in [0.1, 0.15) is 40.2 Å². The van der Waals surface area contributed by atoms with Crippen LogP contribution in [0, 0.1) is 0 Å². The molecule has 84 valence electrons. The molecule has 0 saturated carbocycles. The fraction of sp³-hybridized carbons (Fsp3) is 0.538. The molecule has 1 aromatic rings. The van der Waals surface area contributed by atoms with E-state index < -0.39 is 5.60 Å². The van der Waals surface area contributed by atoms with Crippen LogP contribution in [-0.4, -0.2) is 10.7 Å². The van der Waals surface area contributed by atoms with Gasteiger partial charge in [0.2, 0.25) is 0 Å². The number of rotatable bonds is 2. The maximum absolute atomic E-state index is 9.77. The first kappa shape index (κ1) is 12.1. The highest BCUT2D eigenvalue weighted by molar-refractivity contribution is 5.30. The number of hydrogen-bond donors (Lipinski definition) is 1. The summed E-state index contributed by atoms with van der Waals surface area (Å²) in [6, 6.07) is 7.55. The monoisotopic (exact) mass is 208 g/mol. The predicted molar refractivity (Wildman–Crippen MR) is 62.1 cm³/mol. The van der Waals surface area contributed by atoms with Crippen LogP contribution in [-0.2, 0) is 5.60 Å². The number of ether oxygens (including phenoxy) is 1. The van der Waals surface area contributed by atoms with Crippen molar-refractivity contribution in [2.75, 3.05) is 0 Å². The van der Waals surface area contributed by atoms with E-state index in [9.17, 15) is 5.11 Å². The molecule has 0 spiro atoms. The first-order valence-electron chi connectivity index (χ1n) is 5.20. The number of aliphatic hydroxyl groups is 1. The van der Waals surface area contributed by atoms with Crippen LogP contribution >= 0.6 is 0 Å². The van der Waals surface area contributed by atoms with Crippen LogP contribution in [0.2, 0.25) is 0 Å². The predicted octanol–water partition coefficient (Wildman–Crippen LogP) is 3.09. The van der Waals surface area contributed by atoms with Crippen molar-refractivity contribution in [1.82, 2.24) is 0 Å². The molecular weight excluding hydrogens is 188 g/mol. The zero-order chi connectivity index (χ0) is 11.7. The molecule has 0 amide bonds. The molecule has 0 aliphatic carbocycles. The Morgan fingerprint density at radius 3 is 1.73 bits per heavy atom. The Hall–Kier alpha value is -1.02. The zero-order valence-electron chi connectivity index (χ0n) is 10.2. The third-order valence-corrected chi connectivity index (χ3v) is 1.98. The quantitative estimate of drug-likeness (QED) is 0.809. The second-order valence-electron chi connectivity index (χ2n) is 5.30. The van der Waals surface area contributed by atoms with Gasteiger partial charge in [0, 0.05) is 0 Å². The van der Waals surface area contributed by atoms with E-state index in [0.717, 1.165) is 11.3 Å². The lowest BCUT2D eigenvalue weighted by atomic mass is 9.98. The third kappa shape index (κ3) is 3.92. The number of hydrogen-bond acceptors (Lipinski definition) is 2.